The highest BCUT2D eigenvalue weighted by molar-refractivity contribution is 9.10. The monoisotopic (exact) mass is 375 g/mol. The fraction of sp³-hybridized carbons (Fsp3) is 0.333. The largest absolute Gasteiger partial charge is 0.307 e. The molecule has 1 N–H and O–H groups in total. The highest BCUT2D eigenvalue weighted by atomic mass is 79.9. The molecular weight excluding hydrogens is 358 g/mol. The van der Waals surface area contributed by atoms with E-state index in [0.29, 0.717) is 6.54 Å². The lowest BCUT2D eigenvalue weighted by Crippen LogP contribution is -2.16. The van der Waals surface area contributed by atoms with Crippen LogP contribution in [0.4, 0.5) is 0 Å². The number of hydrogen-bond acceptors (Lipinski definition) is 5. The van der Waals surface area contributed by atoms with Gasteiger partial charge in [0.2, 0.25) is 0 Å². The Morgan fingerprint density at radius 2 is 2.00 bits per heavy atom. The van der Waals surface area contributed by atoms with E-state index < -0.39 is 0 Å². The third-order valence-electron chi connectivity index (χ3n) is 3.63. The molecule has 0 unspecified atom stereocenters. The number of aryl methyl sites for hydroxylation is 2. The summed E-state index contributed by atoms with van der Waals surface area (Å²) in [5.74, 6) is 0. The van der Waals surface area contributed by atoms with E-state index in [9.17, 15) is 0 Å². The quantitative estimate of drug-likeness (QED) is 0.714. The lowest BCUT2D eigenvalue weighted by Gasteiger charge is -2.06. The smallest absolute Gasteiger partial charge is 0.152 e. The summed E-state index contributed by atoms with van der Waals surface area (Å²) in [5.41, 5.74) is 4.22. The lowest BCUT2D eigenvalue weighted by molar-refractivity contribution is 0.567. The van der Waals surface area contributed by atoms with Crippen molar-refractivity contribution >= 4 is 15.9 Å². The minimum Gasteiger partial charge on any atom is -0.307 e. The van der Waals surface area contributed by atoms with Crippen LogP contribution < -0.4 is 5.32 Å². The van der Waals surface area contributed by atoms with E-state index in [0.717, 1.165) is 40.3 Å². The third-order valence-corrected chi connectivity index (χ3v) is 4.24. The molecule has 0 fully saturated rings. The summed E-state index contributed by atoms with van der Waals surface area (Å²) >= 11 is 3.44. The number of rotatable bonds is 6. The molecule has 3 rings (SSSR count). The van der Waals surface area contributed by atoms with Crippen molar-refractivity contribution in [3.8, 4) is 5.69 Å². The van der Waals surface area contributed by atoms with Gasteiger partial charge in [0, 0.05) is 43.8 Å². The van der Waals surface area contributed by atoms with Gasteiger partial charge < -0.3 is 5.32 Å². The molecule has 120 valence electrons. The summed E-state index contributed by atoms with van der Waals surface area (Å²) in [6, 6.07) is 3.87. The van der Waals surface area contributed by atoms with Crippen LogP contribution >= 0.6 is 15.9 Å². The van der Waals surface area contributed by atoms with Crippen molar-refractivity contribution in [1.82, 2.24) is 35.1 Å². The molecule has 0 aliphatic rings. The number of nitrogens with zero attached hydrogens (tertiary/aromatic N) is 6. The predicted molar refractivity (Wildman–Crippen MR) is 90.0 cm³/mol. The molecule has 7 nitrogen and oxygen atoms in total. The zero-order valence-electron chi connectivity index (χ0n) is 13.1. The maximum Gasteiger partial charge on any atom is 0.152 e. The van der Waals surface area contributed by atoms with Gasteiger partial charge in [-0.05, 0) is 41.9 Å². The molecule has 8 heteroatoms. The maximum absolute atomic E-state index is 4.56. The van der Waals surface area contributed by atoms with Crippen LogP contribution in [0.1, 0.15) is 23.9 Å². The van der Waals surface area contributed by atoms with Crippen molar-refractivity contribution in [1.29, 1.82) is 0 Å². The summed E-state index contributed by atoms with van der Waals surface area (Å²) in [4.78, 5) is 4.03. The third kappa shape index (κ3) is 3.48. The van der Waals surface area contributed by atoms with Crippen LogP contribution in [-0.2, 0) is 19.6 Å². The maximum atomic E-state index is 4.56. The van der Waals surface area contributed by atoms with Gasteiger partial charge >= 0.3 is 0 Å². The van der Waals surface area contributed by atoms with Crippen LogP contribution in [0, 0.1) is 6.92 Å². The summed E-state index contributed by atoms with van der Waals surface area (Å²) < 4.78 is 4.54. The molecule has 3 aromatic rings. The van der Waals surface area contributed by atoms with Crippen molar-refractivity contribution < 1.29 is 0 Å². The molecule has 0 radical (unpaired) electrons. The number of aromatic nitrogens is 6. The molecule has 0 saturated carbocycles. The van der Waals surface area contributed by atoms with Crippen molar-refractivity contribution in [2.75, 3.05) is 0 Å². The van der Waals surface area contributed by atoms with Gasteiger partial charge in [-0.15, -0.1) is 5.10 Å². The summed E-state index contributed by atoms with van der Waals surface area (Å²) in [7, 11) is 0. The average molecular weight is 376 g/mol. The average Bonchev–Trinajstić information content (AvgIpc) is 3.12. The van der Waals surface area contributed by atoms with E-state index in [1.54, 1.807) is 12.4 Å². The van der Waals surface area contributed by atoms with E-state index in [1.165, 1.54) is 0 Å². The Hall–Kier alpha value is -2.06. The molecular formula is C15H18BrN7. The van der Waals surface area contributed by atoms with Gasteiger partial charge in [0.05, 0.1) is 17.1 Å². The van der Waals surface area contributed by atoms with Gasteiger partial charge in [0.1, 0.15) is 0 Å². The zero-order valence-corrected chi connectivity index (χ0v) is 14.7. The first-order valence-corrected chi connectivity index (χ1v) is 8.22. The van der Waals surface area contributed by atoms with Crippen molar-refractivity contribution in [2.45, 2.75) is 33.5 Å². The fourth-order valence-electron chi connectivity index (χ4n) is 2.34. The lowest BCUT2D eigenvalue weighted by atomic mass is 10.2. The highest BCUT2D eigenvalue weighted by Gasteiger charge is 2.10. The Labute approximate surface area is 142 Å². The fourth-order valence-corrected chi connectivity index (χ4v) is 2.76. The second-order valence-corrected chi connectivity index (χ2v) is 5.89. The minimum atomic E-state index is 0.696. The molecule has 0 saturated heterocycles. The van der Waals surface area contributed by atoms with Crippen molar-refractivity contribution in [3.05, 3.63) is 52.3 Å². The van der Waals surface area contributed by atoms with Gasteiger partial charge in [-0.25, -0.2) is 9.36 Å². The number of halogens is 1. The number of pyridine rings is 1. The van der Waals surface area contributed by atoms with E-state index in [1.807, 2.05) is 41.5 Å². The Bertz CT molecular complexity index is 778. The van der Waals surface area contributed by atoms with Crippen LogP contribution in [0.3, 0.4) is 0 Å². The van der Waals surface area contributed by atoms with Crippen LogP contribution in [0.5, 0.6) is 0 Å². The molecule has 3 heterocycles. The molecule has 0 amide bonds. The second-order valence-electron chi connectivity index (χ2n) is 5.14. The summed E-state index contributed by atoms with van der Waals surface area (Å²) in [6.45, 7) is 6.30. The van der Waals surface area contributed by atoms with Crippen LogP contribution in [-0.4, -0.2) is 29.8 Å². The molecule has 0 bridgehead atoms. The van der Waals surface area contributed by atoms with E-state index in [2.05, 4.69) is 41.6 Å². The molecule has 0 atom stereocenters. The van der Waals surface area contributed by atoms with Gasteiger partial charge in [0.25, 0.3) is 0 Å². The van der Waals surface area contributed by atoms with Gasteiger partial charge in [-0.2, -0.15) is 5.10 Å². The molecule has 3 aromatic heterocycles. The SMILES string of the molecule is CCn1nnc(Br)c1CNCc1cn(-c2ccncc2)nc1C. The zero-order chi connectivity index (χ0) is 16.2. The topological polar surface area (TPSA) is 73.5 Å². The van der Waals surface area contributed by atoms with Crippen LogP contribution in [0.15, 0.2) is 35.3 Å². The van der Waals surface area contributed by atoms with Crippen molar-refractivity contribution in [3.63, 3.8) is 0 Å². The van der Waals surface area contributed by atoms with E-state index in [4.69, 9.17) is 0 Å². The first-order valence-electron chi connectivity index (χ1n) is 7.43. The molecule has 23 heavy (non-hydrogen) atoms. The van der Waals surface area contributed by atoms with Crippen LogP contribution in [0.2, 0.25) is 0 Å². The number of hydrogen-bond donors (Lipinski definition) is 1. The standard InChI is InChI=1S/C15H18BrN7/c1-3-22-14(15(16)19-21-22)9-18-8-12-10-23(20-11(12)2)13-4-6-17-7-5-13/h4-7,10,18H,3,8-9H2,1-2H3. The second kappa shape index (κ2) is 7.01. The number of nitrogens with one attached hydrogen (secondary N) is 1. The Kier molecular flexibility index (Phi) is 4.82. The van der Waals surface area contributed by atoms with E-state index >= 15 is 0 Å². The van der Waals surface area contributed by atoms with Crippen molar-refractivity contribution in [2.24, 2.45) is 0 Å². The molecule has 0 aliphatic carbocycles. The molecule has 0 spiro atoms. The Morgan fingerprint density at radius 1 is 1.22 bits per heavy atom. The van der Waals surface area contributed by atoms with E-state index in [-0.39, 0.29) is 0 Å². The Balaban J connectivity index is 1.67. The normalized spacial score (nSPS) is 11.1. The van der Waals surface area contributed by atoms with Gasteiger partial charge in [0.15, 0.2) is 4.60 Å². The minimum absolute atomic E-state index is 0.696. The summed E-state index contributed by atoms with van der Waals surface area (Å²) in [5, 5.41) is 16.1. The molecule has 0 aromatic carbocycles. The summed E-state index contributed by atoms with van der Waals surface area (Å²) in [6.07, 6.45) is 5.57. The first-order chi connectivity index (χ1) is 11.2. The predicted octanol–water partition coefficient (Wildman–Crippen LogP) is 2.24. The molecule has 0 aliphatic heterocycles. The van der Waals surface area contributed by atoms with Gasteiger partial charge in [-0.1, -0.05) is 5.21 Å². The first kappa shape index (κ1) is 15.8. The van der Waals surface area contributed by atoms with Crippen LogP contribution in [0.25, 0.3) is 5.69 Å². The van der Waals surface area contributed by atoms with Gasteiger partial charge in [-0.3, -0.25) is 4.98 Å². The highest BCUT2D eigenvalue weighted by Crippen LogP contribution is 2.14. The Morgan fingerprint density at radius 3 is 2.74 bits per heavy atom.